The van der Waals surface area contributed by atoms with Crippen LogP contribution < -0.4 is 14.5 Å². The van der Waals surface area contributed by atoms with E-state index in [0.717, 1.165) is 79.0 Å². The molecular formula is C94H87N4OPt-3. The molecule has 2 aliphatic carbocycles. The van der Waals surface area contributed by atoms with Gasteiger partial charge in [0.1, 0.15) is 5.82 Å². The van der Waals surface area contributed by atoms with E-state index in [1.54, 1.807) is 0 Å². The zero-order chi connectivity index (χ0) is 68.9. The van der Waals surface area contributed by atoms with Crippen LogP contribution >= 0.6 is 0 Å². The average molecular weight is 1480 g/mol. The molecule has 502 valence electrons. The second kappa shape index (κ2) is 24.1. The summed E-state index contributed by atoms with van der Waals surface area (Å²) in [4.78, 5) is 10.0. The first kappa shape index (κ1) is 66.3. The molecular weight excluding hydrogens is 1400 g/mol. The molecule has 0 saturated carbocycles. The Morgan fingerprint density at radius 3 is 1.60 bits per heavy atom. The molecule has 0 fully saturated rings. The van der Waals surface area contributed by atoms with Crippen LogP contribution in [-0.4, -0.2) is 9.55 Å². The third kappa shape index (κ3) is 11.1. The Morgan fingerprint density at radius 1 is 0.400 bits per heavy atom. The minimum Gasteiger partial charge on any atom is -0.509 e. The van der Waals surface area contributed by atoms with Crippen molar-refractivity contribution < 1.29 is 25.8 Å². The summed E-state index contributed by atoms with van der Waals surface area (Å²) >= 11 is 0. The zero-order valence-electron chi connectivity index (χ0n) is 60.3. The van der Waals surface area contributed by atoms with Gasteiger partial charge in [-0.3, -0.25) is 0 Å². The summed E-state index contributed by atoms with van der Waals surface area (Å²) in [6, 6.07) is 94.0. The number of hydrogen-bond donors (Lipinski definition) is 0. The van der Waals surface area contributed by atoms with Gasteiger partial charge in [0.2, 0.25) is 0 Å². The maximum absolute atomic E-state index is 6.98. The predicted molar refractivity (Wildman–Crippen MR) is 414 cm³/mol. The third-order valence-electron chi connectivity index (χ3n) is 21.2. The van der Waals surface area contributed by atoms with Crippen molar-refractivity contribution in [3.8, 4) is 61.8 Å². The first-order chi connectivity index (χ1) is 47.2. The van der Waals surface area contributed by atoms with Gasteiger partial charge in [-0.1, -0.05) is 267 Å². The van der Waals surface area contributed by atoms with E-state index < -0.39 is 5.41 Å². The molecule has 3 heterocycles. The first-order valence-electron chi connectivity index (χ1n) is 35.3. The molecule has 6 heteroatoms. The third-order valence-corrected chi connectivity index (χ3v) is 21.2. The topological polar surface area (TPSA) is 33.5 Å². The molecule has 3 aliphatic rings. The van der Waals surface area contributed by atoms with E-state index in [2.05, 4.69) is 362 Å². The first-order valence-corrected chi connectivity index (χ1v) is 35.3. The smallest absolute Gasteiger partial charge is 0.135 e. The van der Waals surface area contributed by atoms with Gasteiger partial charge >= 0.3 is 0 Å². The fourth-order valence-electron chi connectivity index (χ4n) is 15.9. The van der Waals surface area contributed by atoms with Crippen LogP contribution in [0.3, 0.4) is 0 Å². The number of hydrogen-bond acceptors (Lipinski definition) is 4. The summed E-state index contributed by atoms with van der Waals surface area (Å²) in [5.74, 6) is 1.99. The van der Waals surface area contributed by atoms with Crippen molar-refractivity contribution in [3.63, 3.8) is 0 Å². The Hall–Kier alpha value is -9.54. The van der Waals surface area contributed by atoms with Crippen molar-refractivity contribution in [1.29, 1.82) is 0 Å². The van der Waals surface area contributed by atoms with E-state index in [1.807, 2.05) is 12.1 Å². The number of rotatable bonds is 8. The second-order valence-corrected chi connectivity index (χ2v) is 33.0. The van der Waals surface area contributed by atoms with Crippen LogP contribution in [0.2, 0.25) is 0 Å². The number of benzene rings is 11. The summed E-state index contributed by atoms with van der Waals surface area (Å²) in [6.07, 6.45) is 2.97. The molecule has 1 aliphatic heterocycles. The largest absolute Gasteiger partial charge is 0.509 e. The molecule has 0 saturated heterocycles. The van der Waals surface area contributed by atoms with Crippen molar-refractivity contribution >= 4 is 44.6 Å². The van der Waals surface area contributed by atoms with Gasteiger partial charge in [0.05, 0.1) is 5.41 Å². The summed E-state index contributed by atoms with van der Waals surface area (Å²) in [5, 5.41) is 2.20. The van der Waals surface area contributed by atoms with E-state index in [9.17, 15) is 0 Å². The average Bonchev–Trinajstić information content (AvgIpc) is 1.48. The fraction of sp³-hybridized carbons (Fsp3) is 0.234. The maximum Gasteiger partial charge on any atom is 0.135 e. The molecule has 0 bridgehead atoms. The second-order valence-electron chi connectivity index (χ2n) is 33.0. The van der Waals surface area contributed by atoms with Gasteiger partial charge in [0.15, 0.2) is 0 Å². The normalized spacial score (nSPS) is 14.0. The van der Waals surface area contributed by atoms with Crippen LogP contribution in [0.1, 0.15) is 165 Å². The van der Waals surface area contributed by atoms with Gasteiger partial charge in [-0.25, -0.2) is 4.98 Å². The summed E-state index contributed by atoms with van der Waals surface area (Å²) in [6.45, 7) is 37.0. The van der Waals surface area contributed by atoms with Crippen molar-refractivity contribution in [2.75, 3.05) is 9.80 Å². The maximum atomic E-state index is 6.98. The Morgan fingerprint density at radius 2 is 0.950 bits per heavy atom. The van der Waals surface area contributed by atoms with Crippen LogP contribution in [0, 0.1) is 18.8 Å². The Labute approximate surface area is 606 Å². The van der Waals surface area contributed by atoms with Crippen LogP contribution in [0.4, 0.5) is 22.7 Å². The Balaban J connectivity index is 0.00000812. The van der Waals surface area contributed by atoms with Crippen molar-refractivity contribution in [2.45, 2.75) is 143 Å². The van der Waals surface area contributed by atoms with Gasteiger partial charge in [0, 0.05) is 78.0 Å². The molecule has 0 radical (unpaired) electrons. The summed E-state index contributed by atoms with van der Waals surface area (Å²) in [7, 11) is 0. The van der Waals surface area contributed by atoms with Gasteiger partial charge in [-0.15, -0.1) is 48.1 Å². The standard InChI is InChI=1S/C94H87N4O.Pt/c1-89(2,3)64-42-39-59(40-43-64)77-57-95-87(56-82(77)93(13,14)15)98-83-36-23-19-32-72(83)73-45-44-70(55-86(73)98)99-69-30-26-29-68(54-69)96-58-97(85-38-25-24-37-84(85)96)88-74(52-67(92(10,11)12)53-75(88)63-48-65(90(4,5)6)51-66(49-63)91(7,8)9)60-41-46-81-76(50-60)71-31-18-22-35-80(71)94(81)78-33-20-16-27-61(78)47-62-28-17-21-34-79(62)94;/h16-46,48-53,56-58H,47H2,1-15H3;/q-3;. The molecule has 0 unspecified atom stereocenters. The molecule has 5 nitrogen and oxygen atoms in total. The Kier molecular flexibility index (Phi) is 16.0. The molecule has 1 spiro atoms. The van der Waals surface area contributed by atoms with Crippen molar-refractivity contribution in [1.82, 2.24) is 9.55 Å². The molecule has 0 N–H and O–H groups in total. The van der Waals surface area contributed by atoms with Crippen LogP contribution in [0.25, 0.3) is 72.1 Å². The minimum absolute atomic E-state index is 0. The van der Waals surface area contributed by atoms with E-state index >= 15 is 0 Å². The molecule has 16 rings (SSSR count). The van der Waals surface area contributed by atoms with E-state index in [0.29, 0.717) is 11.5 Å². The molecule has 0 atom stereocenters. The molecule has 2 aromatic heterocycles. The zero-order valence-corrected chi connectivity index (χ0v) is 62.6. The number of pyridine rings is 1. The van der Waals surface area contributed by atoms with E-state index in [1.165, 1.54) is 83.5 Å². The number of anilines is 4. The summed E-state index contributed by atoms with van der Waals surface area (Å²) in [5.41, 5.74) is 29.0. The number of fused-ring (bicyclic) bond motifs is 13. The van der Waals surface area contributed by atoms with Gasteiger partial charge < -0.3 is 19.1 Å². The van der Waals surface area contributed by atoms with Crippen LogP contribution in [0.5, 0.6) is 11.5 Å². The molecule has 13 aromatic rings. The van der Waals surface area contributed by atoms with E-state index in [4.69, 9.17) is 9.72 Å². The molecule has 100 heavy (non-hydrogen) atoms. The molecule has 0 amide bonds. The van der Waals surface area contributed by atoms with Gasteiger partial charge in [0.25, 0.3) is 0 Å². The van der Waals surface area contributed by atoms with Gasteiger partial charge in [-0.2, -0.15) is 12.1 Å². The number of aromatic nitrogens is 2. The van der Waals surface area contributed by atoms with Crippen LogP contribution in [0.15, 0.2) is 237 Å². The SMILES string of the molecule is CC(C)(C)c1ccc(-c2cnc(-n3c4[c-]c(Oc5[c-]c(N6[CH-]N(c7c(-c8cc(C(C)(C)C)cc(C(C)(C)C)c8)cc(C(C)(C)C)cc7-c7ccc8c(c7)-c7ccccc7C87c8ccccc8Cc8ccccc87)c7ccccc76)ccc5)ccc4c4ccccc43)cc2C(C)(C)C)cc1.[Pt]. The van der Waals surface area contributed by atoms with Gasteiger partial charge in [-0.05, 0) is 170 Å². The quantitative estimate of drug-likeness (QED) is 0.142. The number of para-hydroxylation sites is 3. The predicted octanol–water partition coefficient (Wildman–Crippen LogP) is 24.7. The fourth-order valence-corrected chi connectivity index (χ4v) is 15.9. The van der Waals surface area contributed by atoms with Crippen molar-refractivity contribution in [2.24, 2.45) is 0 Å². The van der Waals surface area contributed by atoms with Crippen LogP contribution in [-0.2, 0) is 60.0 Å². The minimum atomic E-state index is -0.475. The summed E-state index contributed by atoms with van der Waals surface area (Å²) < 4.78 is 9.23. The van der Waals surface area contributed by atoms with Crippen molar-refractivity contribution in [3.05, 3.63) is 317 Å². The number of ether oxygens (including phenoxy) is 1. The Bertz CT molecular complexity index is 5320. The number of nitrogens with zero attached hydrogens (tertiary/aromatic N) is 4. The molecule has 11 aromatic carbocycles. The van der Waals surface area contributed by atoms with E-state index in [-0.39, 0.29) is 48.1 Å². The monoisotopic (exact) mass is 1480 g/mol.